The molecule has 7 heteroatoms. The van der Waals surface area contributed by atoms with E-state index >= 15 is 0 Å². The fraction of sp³-hybridized carbons (Fsp3) is 0.571. The van der Waals surface area contributed by atoms with Crippen molar-refractivity contribution in [3.05, 3.63) is 17.5 Å². The third kappa shape index (κ3) is 3.79. The normalized spacial score (nSPS) is 16.5. The maximum Gasteiger partial charge on any atom is 0.256 e. The van der Waals surface area contributed by atoms with E-state index in [-0.39, 0.29) is 22.9 Å². The molecule has 0 spiro atoms. The summed E-state index contributed by atoms with van der Waals surface area (Å²) < 4.78 is 0. The van der Waals surface area contributed by atoms with Crippen LogP contribution in [0.25, 0.3) is 0 Å². The van der Waals surface area contributed by atoms with Crippen LogP contribution < -0.4 is 0 Å². The number of nitrogens with zero attached hydrogens (tertiary/aromatic N) is 3. The van der Waals surface area contributed by atoms with E-state index in [1.165, 1.54) is 18.9 Å². The molecule has 21 heavy (non-hydrogen) atoms. The zero-order chi connectivity index (χ0) is 15.6. The summed E-state index contributed by atoms with van der Waals surface area (Å²) in [5.74, 6) is 0.119. The van der Waals surface area contributed by atoms with Crippen LogP contribution in [0.4, 0.5) is 0 Å². The Morgan fingerprint density at radius 3 is 2.86 bits per heavy atom. The van der Waals surface area contributed by atoms with Gasteiger partial charge in [-0.1, -0.05) is 25.6 Å². The Kier molecular flexibility index (Phi) is 4.63. The maximum absolute atomic E-state index is 12.0. The molecule has 0 N–H and O–H groups in total. The Labute approximate surface area is 128 Å². The lowest BCUT2D eigenvalue weighted by Gasteiger charge is -2.29. The summed E-state index contributed by atoms with van der Waals surface area (Å²) in [4.78, 5) is 37.1. The molecule has 0 bridgehead atoms. The van der Waals surface area contributed by atoms with Crippen molar-refractivity contribution in [2.24, 2.45) is 5.41 Å². The van der Waals surface area contributed by atoms with Crippen LogP contribution in [0.15, 0.2) is 11.4 Å². The molecule has 0 unspecified atom stereocenters. The quantitative estimate of drug-likeness (QED) is 0.479. The summed E-state index contributed by atoms with van der Waals surface area (Å²) in [7, 11) is 2.99. The number of hydrogen-bond acceptors (Lipinski definition) is 6. The van der Waals surface area contributed by atoms with Crippen molar-refractivity contribution in [2.75, 3.05) is 19.9 Å². The van der Waals surface area contributed by atoms with Gasteiger partial charge in [-0.05, 0) is 11.8 Å². The van der Waals surface area contributed by atoms with Gasteiger partial charge in [0.25, 0.3) is 5.91 Å². The molecule has 0 aromatic carbocycles. The number of thioether (sulfide) groups is 1. The SMILES string of the molecule is CON(C)C(=O)CSc1ncc2c(n1)CC(C)(C)CC2=O. The molecular formula is C14H19N3O3S. The molecule has 6 nitrogen and oxygen atoms in total. The zero-order valence-corrected chi connectivity index (χ0v) is 13.5. The minimum Gasteiger partial charge on any atom is -0.294 e. The van der Waals surface area contributed by atoms with Gasteiger partial charge in [-0.2, -0.15) is 0 Å². The van der Waals surface area contributed by atoms with Gasteiger partial charge in [-0.25, -0.2) is 15.0 Å². The second-order valence-electron chi connectivity index (χ2n) is 5.82. The van der Waals surface area contributed by atoms with Crippen LogP contribution in [0.1, 0.15) is 36.3 Å². The van der Waals surface area contributed by atoms with Crippen LogP contribution in [0, 0.1) is 5.41 Å². The molecule has 2 rings (SSSR count). The number of carbonyl (C=O) groups is 2. The van der Waals surface area contributed by atoms with Gasteiger partial charge in [0, 0.05) is 19.7 Å². The van der Waals surface area contributed by atoms with Gasteiger partial charge in [0.05, 0.1) is 24.1 Å². The molecule has 0 aliphatic heterocycles. The van der Waals surface area contributed by atoms with Gasteiger partial charge in [0.2, 0.25) is 0 Å². The first-order valence-corrected chi connectivity index (χ1v) is 7.63. The lowest BCUT2D eigenvalue weighted by atomic mass is 9.76. The topological polar surface area (TPSA) is 72.4 Å². The highest BCUT2D eigenvalue weighted by Gasteiger charge is 2.32. The maximum atomic E-state index is 12.0. The number of hydrogen-bond donors (Lipinski definition) is 0. The molecule has 0 saturated heterocycles. The Balaban J connectivity index is 2.11. The van der Waals surface area contributed by atoms with E-state index in [0.29, 0.717) is 17.1 Å². The van der Waals surface area contributed by atoms with E-state index in [4.69, 9.17) is 4.84 Å². The van der Waals surface area contributed by atoms with Crippen molar-refractivity contribution < 1.29 is 14.4 Å². The van der Waals surface area contributed by atoms with Gasteiger partial charge in [-0.3, -0.25) is 14.4 Å². The summed E-state index contributed by atoms with van der Waals surface area (Å²) in [5.41, 5.74) is 1.31. The number of Topliss-reactive ketones (excluding diaryl/α,β-unsaturated/α-hetero) is 1. The van der Waals surface area contributed by atoms with Crippen LogP contribution in [0.3, 0.4) is 0 Å². The van der Waals surface area contributed by atoms with Gasteiger partial charge >= 0.3 is 0 Å². The van der Waals surface area contributed by atoms with Crippen molar-refractivity contribution in [3.8, 4) is 0 Å². The van der Waals surface area contributed by atoms with Crippen LogP contribution in [-0.4, -0.2) is 46.6 Å². The van der Waals surface area contributed by atoms with Crippen molar-refractivity contribution in [1.82, 2.24) is 15.0 Å². The van der Waals surface area contributed by atoms with Gasteiger partial charge in [0.1, 0.15) is 0 Å². The fourth-order valence-corrected chi connectivity index (χ4v) is 2.94. The number of aromatic nitrogens is 2. The standard InChI is InChI=1S/C14H19N3O3S/c1-14(2)5-10-9(11(18)6-14)7-15-13(16-10)21-8-12(19)17(3)20-4/h7H,5-6,8H2,1-4H3. The Hall–Kier alpha value is -1.47. The predicted molar refractivity (Wildman–Crippen MR) is 79.0 cm³/mol. The summed E-state index contributed by atoms with van der Waals surface area (Å²) >= 11 is 1.24. The van der Waals surface area contributed by atoms with E-state index in [0.717, 1.165) is 17.2 Å². The molecule has 1 heterocycles. The number of amides is 1. The average molecular weight is 309 g/mol. The van der Waals surface area contributed by atoms with E-state index in [2.05, 4.69) is 23.8 Å². The second-order valence-corrected chi connectivity index (χ2v) is 6.76. The van der Waals surface area contributed by atoms with Crippen molar-refractivity contribution in [3.63, 3.8) is 0 Å². The number of fused-ring (bicyclic) bond motifs is 1. The molecule has 0 radical (unpaired) electrons. The Morgan fingerprint density at radius 2 is 2.19 bits per heavy atom. The van der Waals surface area contributed by atoms with Crippen LogP contribution in [0.5, 0.6) is 0 Å². The predicted octanol–water partition coefficient (Wildman–Crippen LogP) is 1.74. The van der Waals surface area contributed by atoms with E-state index in [1.54, 1.807) is 13.2 Å². The lowest BCUT2D eigenvalue weighted by Crippen LogP contribution is -2.28. The molecule has 114 valence electrons. The molecule has 1 amide bonds. The number of hydroxylamine groups is 2. The molecule has 0 fully saturated rings. The van der Waals surface area contributed by atoms with Crippen molar-refractivity contribution >= 4 is 23.5 Å². The van der Waals surface area contributed by atoms with Crippen LogP contribution in [0.2, 0.25) is 0 Å². The number of carbonyl (C=O) groups excluding carboxylic acids is 2. The lowest BCUT2D eigenvalue weighted by molar-refractivity contribution is -0.165. The molecule has 1 aromatic rings. The van der Waals surface area contributed by atoms with Crippen molar-refractivity contribution in [2.45, 2.75) is 31.8 Å². The molecule has 1 aliphatic carbocycles. The minimum absolute atomic E-state index is 0.0769. The monoisotopic (exact) mass is 309 g/mol. The highest BCUT2D eigenvalue weighted by atomic mass is 32.2. The molecule has 1 aliphatic rings. The first-order chi connectivity index (χ1) is 9.82. The minimum atomic E-state index is -0.166. The van der Waals surface area contributed by atoms with Crippen molar-refractivity contribution in [1.29, 1.82) is 0 Å². The zero-order valence-electron chi connectivity index (χ0n) is 12.7. The first kappa shape index (κ1) is 15.9. The van der Waals surface area contributed by atoms with E-state index in [1.807, 2.05) is 0 Å². The average Bonchev–Trinajstić information content (AvgIpc) is 2.42. The molecule has 1 aromatic heterocycles. The summed E-state index contributed by atoms with van der Waals surface area (Å²) in [6.07, 6.45) is 2.84. The highest BCUT2D eigenvalue weighted by molar-refractivity contribution is 7.99. The summed E-state index contributed by atoms with van der Waals surface area (Å²) in [6.45, 7) is 4.11. The molecule has 0 saturated carbocycles. The van der Waals surface area contributed by atoms with Gasteiger partial charge in [0.15, 0.2) is 10.9 Å². The third-order valence-corrected chi connectivity index (χ3v) is 4.23. The van der Waals surface area contributed by atoms with Crippen LogP contribution >= 0.6 is 11.8 Å². The molecule has 0 atom stereocenters. The van der Waals surface area contributed by atoms with E-state index in [9.17, 15) is 9.59 Å². The smallest absolute Gasteiger partial charge is 0.256 e. The number of rotatable bonds is 4. The number of ketones is 1. The second kappa shape index (κ2) is 6.11. The Morgan fingerprint density at radius 1 is 1.48 bits per heavy atom. The first-order valence-electron chi connectivity index (χ1n) is 6.65. The fourth-order valence-electron chi connectivity index (χ4n) is 2.20. The van der Waals surface area contributed by atoms with E-state index < -0.39 is 0 Å². The third-order valence-electron chi connectivity index (χ3n) is 3.38. The summed E-state index contributed by atoms with van der Waals surface area (Å²) in [6, 6.07) is 0. The molecular weight excluding hydrogens is 290 g/mol. The Bertz CT molecular complexity index is 575. The van der Waals surface area contributed by atoms with Gasteiger partial charge < -0.3 is 0 Å². The van der Waals surface area contributed by atoms with Crippen LogP contribution in [-0.2, 0) is 16.1 Å². The van der Waals surface area contributed by atoms with Gasteiger partial charge in [-0.15, -0.1) is 0 Å². The largest absolute Gasteiger partial charge is 0.294 e. The highest BCUT2D eigenvalue weighted by Crippen LogP contribution is 2.34. The summed E-state index contributed by atoms with van der Waals surface area (Å²) in [5, 5.41) is 1.68.